The molecule has 0 aliphatic rings. The molecule has 21 heavy (non-hydrogen) atoms. The Morgan fingerprint density at radius 2 is 2.00 bits per heavy atom. The van der Waals surface area contributed by atoms with E-state index in [-0.39, 0.29) is 12.2 Å². The summed E-state index contributed by atoms with van der Waals surface area (Å²) in [6, 6.07) is 5.09. The lowest BCUT2D eigenvalue weighted by molar-refractivity contribution is -0.137. The fourth-order valence-corrected chi connectivity index (χ4v) is 2.14. The van der Waals surface area contributed by atoms with Crippen LogP contribution in [0.2, 0.25) is 0 Å². The van der Waals surface area contributed by atoms with E-state index in [4.69, 9.17) is 5.11 Å². The summed E-state index contributed by atoms with van der Waals surface area (Å²) in [5.41, 5.74) is 1.59. The Morgan fingerprint density at radius 1 is 1.29 bits per heavy atom. The molecule has 0 heterocycles. The molecule has 1 rings (SSSR count). The van der Waals surface area contributed by atoms with Gasteiger partial charge in [0.2, 0.25) is 0 Å². The van der Waals surface area contributed by atoms with Crippen molar-refractivity contribution in [2.75, 3.05) is 32.1 Å². The molecule has 0 aliphatic carbocycles. The number of carbonyl (C=O) groups is 1. The summed E-state index contributed by atoms with van der Waals surface area (Å²) < 4.78 is 13.9. The molecule has 0 aromatic heterocycles. The molecule has 5 heteroatoms. The minimum absolute atomic E-state index is 0.112. The maximum absolute atomic E-state index is 13.9. The maximum atomic E-state index is 13.9. The lowest BCUT2D eigenvalue weighted by Gasteiger charge is -2.22. The number of carboxylic acid groups (broad SMARTS) is 1. The molecule has 1 aromatic carbocycles. The summed E-state index contributed by atoms with van der Waals surface area (Å²) in [5, 5.41) is 8.68. The second-order valence-corrected chi connectivity index (χ2v) is 5.44. The molecule has 1 aromatic rings. The Morgan fingerprint density at radius 3 is 2.62 bits per heavy atom. The van der Waals surface area contributed by atoms with Crippen molar-refractivity contribution < 1.29 is 14.3 Å². The van der Waals surface area contributed by atoms with Gasteiger partial charge in [-0.3, -0.25) is 4.79 Å². The zero-order chi connectivity index (χ0) is 15.8. The van der Waals surface area contributed by atoms with Gasteiger partial charge in [0.15, 0.2) is 0 Å². The van der Waals surface area contributed by atoms with Crippen LogP contribution >= 0.6 is 0 Å². The van der Waals surface area contributed by atoms with Gasteiger partial charge in [0.1, 0.15) is 5.82 Å². The minimum Gasteiger partial charge on any atom is -0.481 e. The number of carboxylic acids is 1. The molecule has 0 saturated carbocycles. The molecule has 0 radical (unpaired) electrons. The predicted octanol–water partition coefficient (Wildman–Crippen LogP) is 2.97. The molecule has 0 spiro atoms. The third kappa shape index (κ3) is 6.12. The summed E-state index contributed by atoms with van der Waals surface area (Å²) in [4.78, 5) is 14.4. The first-order chi connectivity index (χ1) is 9.93. The van der Waals surface area contributed by atoms with Crippen LogP contribution in [0.15, 0.2) is 18.2 Å². The number of aliphatic carboxylic acids is 1. The Hall–Kier alpha value is -1.62. The predicted molar refractivity (Wildman–Crippen MR) is 83.2 cm³/mol. The molecule has 118 valence electrons. The van der Waals surface area contributed by atoms with E-state index in [1.54, 1.807) is 6.07 Å². The van der Waals surface area contributed by atoms with E-state index in [0.29, 0.717) is 18.8 Å². The first kappa shape index (κ1) is 17.4. The molecule has 0 bridgehead atoms. The van der Waals surface area contributed by atoms with E-state index in [0.717, 1.165) is 24.9 Å². The summed E-state index contributed by atoms with van der Waals surface area (Å²) in [7, 11) is 3.76. The summed E-state index contributed by atoms with van der Waals surface area (Å²) in [6.45, 7) is 4.03. The smallest absolute Gasteiger partial charge is 0.304 e. The SMILES string of the molecule is CCCCN(C)c1cc(CN(C)CCC(=O)O)ccc1F. The molecular formula is C16H25FN2O2. The Balaban J connectivity index is 2.69. The van der Waals surface area contributed by atoms with Crippen LogP contribution in [0, 0.1) is 5.82 Å². The van der Waals surface area contributed by atoms with Crippen molar-refractivity contribution in [2.24, 2.45) is 0 Å². The van der Waals surface area contributed by atoms with Gasteiger partial charge in [-0.25, -0.2) is 4.39 Å². The highest BCUT2D eigenvalue weighted by molar-refractivity contribution is 5.66. The highest BCUT2D eigenvalue weighted by Crippen LogP contribution is 2.21. The number of unbranched alkanes of at least 4 members (excludes halogenated alkanes) is 1. The van der Waals surface area contributed by atoms with Crippen molar-refractivity contribution in [3.05, 3.63) is 29.6 Å². The molecule has 0 amide bonds. The monoisotopic (exact) mass is 296 g/mol. The zero-order valence-corrected chi connectivity index (χ0v) is 13.1. The molecule has 1 N–H and O–H groups in total. The molecule has 0 atom stereocenters. The van der Waals surface area contributed by atoms with Crippen LogP contribution < -0.4 is 4.90 Å². The van der Waals surface area contributed by atoms with Crippen molar-refractivity contribution in [3.8, 4) is 0 Å². The van der Waals surface area contributed by atoms with E-state index in [2.05, 4.69) is 6.92 Å². The van der Waals surface area contributed by atoms with Gasteiger partial charge in [-0.05, 0) is 31.2 Å². The highest BCUT2D eigenvalue weighted by Gasteiger charge is 2.10. The number of hydrogen-bond donors (Lipinski definition) is 1. The third-order valence-corrected chi connectivity index (χ3v) is 3.43. The second kappa shape index (κ2) is 8.62. The third-order valence-electron chi connectivity index (χ3n) is 3.43. The number of rotatable bonds is 9. The second-order valence-electron chi connectivity index (χ2n) is 5.44. The summed E-state index contributed by atoms with van der Waals surface area (Å²) >= 11 is 0. The number of nitrogens with zero attached hydrogens (tertiary/aromatic N) is 2. The molecule has 0 unspecified atom stereocenters. The summed E-state index contributed by atoms with van der Waals surface area (Å²) in [5.74, 6) is -1.02. The van der Waals surface area contributed by atoms with E-state index in [1.807, 2.05) is 30.0 Å². The average molecular weight is 296 g/mol. The van der Waals surface area contributed by atoms with Gasteiger partial charge in [-0.15, -0.1) is 0 Å². The normalized spacial score (nSPS) is 10.9. The highest BCUT2D eigenvalue weighted by atomic mass is 19.1. The summed E-state index contributed by atoms with van der Waals surface area (Å²) in [6.07, 6.45) is 2.21. The van der Waals surface area contributed by atoms with Crippen molar-refractivity contribution >= 4 is 11.7 Å². The van der Waals surface area contributed by atoms with Gasteiger partial charge in [0, 0.05) is 26.7 Å². The van der Waals surface area contributed by atoms with Crippen LogP contribution in [0.25, 0.3) is 0 Å². The minimum atomic E-state index is -0.805. The fourth-order valence-electron chi connectivity index (χ4n) is 2.14. The van der Waals surface area contributed by atoms with Gasteiger partial charge < -0.3 is 14.9 Å². The molecular weight excluding hydrogens is 271 g/mol. The van der Waals surface area contributed by atoms with Crippen LogP contribution in [-0.2, 0) is 11.3 Å². The standard InChI is InChI=1S/C16H25FN2O2/c1-4-5-9-19(3)15-11-13(6-7-14(15)17)12-18(2)10-8-16(20)21/h6-7,11H,4-5,8-10,12H2,1-3H3,(H,20,21). The van der Waals surface area contributed by atoms with Crippen LogP contribution in [0.4, 0.5) is 10.1 Å². The van der Waals surface area contributed by atoms with Crippen molar-refractivity contribution in [1.82, 2.24) is 4.90 Å². The van der Waals surface area contributed by atoms with E-state index < -0.39 is 5.97 Å². The number of halogens is 1. The first-order valence-electron chi connectivity index (χ1n) is 7.34. The zero-order valence-electron chi connectivity index (χ0n) is 13.1. The van der Waals surface area contributed by atoms with Crippen molar-refractivity contribution in [3.63, 3.8) is 0 Å². The van der Waals surface area contributed by atoms with Gasteiger partial charge in [0.25, 0.3) is 0 Å². The van der Waals surface area contributed by atoms with Gasteiger partial charge in [0.05, 0.1) is 12.1 Å². The van der Waals surface area contributed by atoms with E-state index in [1.165, 1.54) is 6.07 Å². The number of anilines is 1. The maximum Gasteiger partial charge on any atom is 0.304 e. The van der Waals surface area contributed by atoms with E-state index >= 15 is 0 Å². The molecule has 4 nitrogen and oxygen atoms in total. The number of hydrogen-bond acceptors (Lipinski definition) is 3. The first-order valence-corrected chi connectivity index (χ1v) is 7.34. The Kier molecular flexibility index (Phi) is 7.15. The van der Waals surface area contributed by atoms with Gasteiger partial charge in [-0.2, -0.15) is 0 Å². The van der Waals surface area contributed by atoms with Crippen LogP contribution in [-0.4, -0.2) is 43.2 Å². The number of benzene rings is 1. The molecule has 0 fully saturated rings. The van der Waals surface area contributed by atoms with Crippen molar-refractivity contribution in [2.45, 2.75) is 32.7 Å². The lowest BCUT2D eigenvalue weighted by Crippen LogP contribution is -2.22. The Bertz CT molecular complexity index is 466. The topological polar surface area (TPSA) is 43.8 Å². The van der Waals surface area contributed by atoms with Crippen molar-refractivity contribution in [1.29, 1.82) is 0 Å². The molecule has 0 aliphatic heterocycles. The van der Waals surface area contributed by atoms with Gasteiger partial charge in [-0.1, -0.05) is 19.4 Å². The largest absolute Gasteiger partial charge is 0.481 e. The molecule has 0 saturated heterocycles. The lowest BCUT2D eigenvalue weighted by atomic mass is 10.1. The average Bonchev–Trinajstić information content (AvgIpc) is 2.44. The van der Waals surface area contributed by atoms with Gasteiger partial charge >= 0.3 is 5.97 Å². The quantitative estimate of drug-likeness (QED) is 0.761. The van der Waals surface area contributed by atoms with Crippen LogP contribution in [0.5, 0.6) is 0 Å². The van der Waals surface area contributed by atoms with Crippen LogP contribution in [0.1, 0.15) is 31.7 Å². The fraction of sp³-hybridized carbons (Fsp3) is 0.562. The Labute approximate surface area is 126 Å². The van der Waals surface area contributed by atoms with Crippen LogP contribution in [0.3, 0.4) is 0 Å². The van der Waals surface area contributed by atoms with E-state index in [9.17, 15) is 9.18 Å².